The number of rotatable bonds is 4. The van der Waals surface area contributed by atoms with Crippen molar-refractivity contribution >= 4 is 11.8 Å². The molecule has 3 nitrogen and oxygen atoms in total. The van der Waals surface area contributed by atoms with Crippen molar-refractivity contribution in [1.29, 1.82) is 5.26 Å². The summed E-state index contributed by atoms with van der Waals surface area (Å²) in [5, 5.41) is 9.31. The molecule has 19 heavy (non-hydrogen) atoms. The molecule has 0 saturated heterocycles. The number of ether oxygens (including phenoxy) is 1. The fourth-order valence-corrected chi connectivity index (χ4v) is 3.22. The van der Waals surface area contributed by atoms with E-state index in [4.69, 9.17) is 10.5 Å². The number of nitrogens with zero attached hydrogens (tertiary/aromatic N) is 1. The molecule has 4 heteroatoms. The monoisotopic (exact) mass is 276 g/mol. The van der Waals surface area contributed by atoms with E-state index in [1.165, 1.54) is 12.8 Å². The molecule has 0 bridgehead atoms. The van der Waals surface area contributed by atoms with Crippen LogP contribution in [-0.4, -0.2) is 18.9 Å². The zero-order valence-electron chi connectivity index (χ0n) is 11.3. The van der Waals surface area contributed by atoms with Crippen LogP contribution in [0.3, 0.4) is 0 Å². The van der Waals surface area contributed by atoms with Crippen molar-refractivity contribution in [2.24, 2.45) is 11.7 Å². The second-order valence-corrected chi connectivity index (χ2v) is 5.73. The Balaban J connectivity index is 2.20. The van der Waals surface area contributed by atoms with E-state index < -0.39 is 0 Å². The van der Waals surface area contributed by atoms with Gasteiger partial charge in [-0.15, -0.1) is 11.8 Å². The molecule has 1 saturated carbocycles. The lowest BCUT2D eigenvalue weighted by Gasteiger charge is -2.31. The highest BCUT2D eigenvalue weighted by Gasteiger charge is 2.26. The number of nitrogens with two attached hydrogens (primary N) is 1. The predicted octanol–water partition coefficient (Wildman–Crippen LogP) is 3.18. The van der Waals surface area contributed by atoms with Crippen LogP contribution in [0.5, 0.6) is 5.75 Å². The van der Waals surface area contributed by atoms with E-state index in [1.807, 2.05) is 24.5 Å². The lowest BCUT2D eigenvalue weighted by atomic mass is 9.86. The molecule has 1 aliphatic carbocycles. The van der Waals surface area contributed by atoms with Crippen LogP contribution in [0.25, 0.3) is 0 Å². The Morgan fingerprint density at radius 3 is 2.89 bits per heavy atom. The van der Waals surface area contributed by atoms with Gasteiger partial charge in [-0.2, -0.15) is 5.26 Å². The highest BCUT2D eigenvalue weighted by Crippen LogP contribution is 2.32. The van der Waals surface area contributed by atoms with Gasteiger partial charge in [-0.3, -0.25) is 0 Å². The maximum atomic E-state index is 9.31. The van der Waals surface area contributed by atoms with Crippen molar-refractivity contribution in [3.05, 3.63) is 23.8 Å². The van der Waals surface area contributed by atoms with Gasteiger partial charge >= 0.3 is 0 Å². The Morgan fingerprint density at radius 1 is 1.42 bits per heavy atom. The van der Waals surface area contributed by atoms with Crippen LogP contribution >= 0.6 is 11.8 Å². The van der Waals surface area contributed by atoms with Gasteiger partial charge < -0.3 is 10.5 Å². The largest absolute Gasteiger partial charge is 0.489 e. The standard InChI is InChI=1S/C15H20N2OS/c1-19-15-8-4-7-14(12(15)10-17)18-13-6-3-2-5-11(13)9-16/h4,7-8,11,13H,2-3,5-6,9,16H2,1H3. The van der Waals surface area contributed by atoms with E-state index >= 15 is 0 Å². The summed E-state index contributed by atoms with van der Waals surface area (Å²) < 4.78 is 6.11. The number of benzene rings is 1. The lowest BCUT2D eigenvalue weighted by Crippen LogP contribution is -2.35. The van der Waals surface area contributed by atoms with Crippen LogP contribution in [0.2, 0.25) is 0 Å². The zero-order chi connectivity index (χ0) is 13.7. The van der Waals surface area contributed by atoms with E-state index in [0.717, 1.165) is 17.7 Å². The molecule has 2 atom stereocenters. The molecule has 1 aromatic rings. The van der Waals surface area contributed by atoms with Gasteiger partial charge in [0.15, 0.2) is 0 Å². The minimum Gasteiger partial charge on any atom is -0.489 e. The lowest BCUT2D eigenvalue weighted by molar-refractivity contribution is 0.0964. The second-order valence-electron chi connectivity index (χ2n) is 4.88. The molecule has 102 valence electrons. The Kier molecular flexibility index (Phi) is 5.12. The highest BCUT2D eigenvalue weighted by molar-refractivity contribution is 7.98. The molecule has 1 fully saturated rings. The first-order valence-corrected chi connectivity index (χ1v) is 7.96. The number of nitriles is 1. The Bertz CT molecular complexity index is 470. The summed E-state index contributed by atoms with van der Waals surface area (Å²) in [5.74, 6) is 1.12. The van der Waals surface area contributed by atoms with Gasteiger partial charge in [0.1, 0.15) is 23.5 Å². The molecule has 0 aromatic heterocycles. The van der Waals surface area contributed by atoms with Crippen LogP contribution in [0.4, 0.5) is 0 Å². The number of thioether (sulfide) groups is 1. The summed E-state index contributed by atoms with van der Waals surface area (Å²) in [7, 11) is 0. The average Bonchev–Trinajstić information content (AvgIpc) is 2.47. The van der Waals surface area contributed by atoms with Gasteiger partial charge in [0.25, 0.3) is 0 Å². The number of hydrogen-bond donors (Lipinski definition) is 1. The fraction of sp³-hybridized carbons (Fsp3) is 0.533. The molecule has 2 unspecified atom stereocenters. The Hall–Kier alpha value is -1.18. The topological polar surface area (TPSA) is 59.0 Å². The summed E-state index contributed by atoms with van der Waals surface area (Å²) >= 11 is 1.58. The summed E-state index contributed by atoms with van der Waals surface area (Å²) in [6.45, 7) is 0.661. The van der Waals surface area contributed by atoms with Gasteiger partial charge in [0.05, 0.1) is 0 Å². The van der Waals surface area contributed by atoms with E-state index in [1.54, 1.807) is 11.8 Å². The van der Waals surface area contributed by atoms with Crippen LogP contribution in [0, 0.1) is 17.2 Å². The molecule has 0 radical (unpaired) electrons. The first-order chi connectivity index (χ1) is 9.30. The summed E-state index contributed by atoms with van der Waals surface area (Å²) in [6.07, 6.45) is 6.72. The Morgan fingerprint density at radius 2 is 2.21 bits per heavy atom. The summed E-state index contributed by atoms with van der Waals surface area (Å²) in [5.41, 5.74) is 6.47. The molecule has 1 aliphatic rings. The van der Waals surface area contributed by atoms with Crippen LogP contribution in [0.1, 0.15) is 31.2 Å². The molecule has 1 aromatic carbocycles. The van der Waals surface area contributed by atoms with Gasteiger partial charge in [-0.05, 0) is 44.2 Å². The predicted molar refractivity (Wildman–Crippen MR) is 78.4 cm³/mol. The minimum atomic E-state index is 0.156. The SMILES string of the molecule is CSc1cccc(OC2CCCCC2CN)c1C#N. The van der Waals surface area contributed by atoms with E-state index in [2.05, 4.69) is 6.07 Å². The van der Waals surface area contributed by atoms with Crippen molar-refractivity contribution < 1.29 is 4.74 Å². The van der Waals surface area contributed by atoms with Crippen molar-refractivity contribution in [1.82, 2.24) is 0 Å². The highest BCUT2D eigenvalue weighted by atomic mass is 32.2. The molecule has 0 spiro atoms. The first kappa shape index (κ1) is 14.2. The van der Waals surface area contributed by atoms with Crippen LogP contribution in [0.15, 0.2) is 23.1 Å². The van der Waals surface area contributed by atoms with Gasteiger partial charge in [0.2, 0.25) is 0 Å². The third-order valence-corrected chi connectivity index (χ3v) is 4.52. The second kappa shape index (κ2) is 6.83. The fourth-order valence-electron chi connectivity index (χ4n) is 2.65. The average molecular weight is 276 g/mol. The van der Waals surface area contributed by atoms with E-state index in [9.17, 15) is 5.26 Å². The third-order valence-electron chi connectivity index (χ3n) is 3.74. The molecule has 0 aliphatic heterocycles. The van der Waals surface area contributed by atoms with Crippen LogP contribution in [-0.2, 0) is 0 Å². The smallest absolute Gasteiger partial charge is 0.138 e. The summed E-state index contributed by atoms with van der Waals surface area (Å²) in [6, 6.07) is 8.05. The quantitative estimate of drug-likeness (QED) is 0.858. The molecule has 0 amide bonds. The van der Waals surface area contributed by atoms with Gasteiger partial charge in [0, 0.05) is 10.8 Å². The molecule has 0 heterocycles. The van der Waals surface area contributed by atoms with Gasteiger partial charge in [-0.1, -0.05) is 12.5 Å². The van der Waals surface area contributed by atoms with Crippen LogP contribution < -0.4 is 10.5 Å². The van der Waals surface area contributed by atoms with Crippen molar-refractivity contribution in [3.63, 3.8) is 0 Å². The molecular weight excluding hydrogens is 256 g/mol. The third kappa shape index (κ3) is 3.23. The van der Waals surface area contributed by atoms with Crippen molar-refractivity contribution in [3.8, 4) is 11.8 Å². The van der Waals surface area contributed by atoms with Gasteiger partial charge in [-0.25, -0.2) is 0 Å². The Labute approximate surface area is 119 Å². The maximum absolute atomic E-state index is 9.31. The number of hydrogen-bond acceptors (Lipinski definition) is 4. The van der Waals surface area contributed by atoms with Crippen molar-refractivity contribution in [2.75, 3.05) is 12.8 Å². The summed E-state index contributed by atoms with van der Waals surface area (Å²) in [4.78, 5) is 0.972. The molecule has 2 N–H and O–H groups in total. The normalized spacial score (nSPS) is 22.8. The maximum Gasteiger partial charge on any atom is 0.138 e. The first-order valence-electron chi connectivity index (χ1n) is 6.74. The molecule has 2 rings (SSSR count). The minimum absolute atomic E-state index is 0.156. The molecular formula is C15H20N2OS. The van der Waals surface area contributed by atoms with E-state index in [-0.39, 0.29) is 6.10 Å². The van der Waals surface area contributed by atoms with Crippen molar-refractivity contribution in [2.45, 2.75) is 36.7 Å². The zero-order valence-corrected chi connectivity index (χ0v) is 12.1. The van der Waals surface area contributed by atoms with E-state index in [0.29, 0.717) is 23.8 Å².